The molecule has 3 aliphatic rings. The van der Waals surface area contributed by atoms with Crippen LogP contribution in [0.25, 0.3) is 0 Å². The summed E-state index contributed by atoms with van der Waals surface area (Å²) in [4.78, 5) is 25.3. The molecule has 2 fully saturated rings. The second-order valence-corrected chi connectivity index (χ2v) is 6.56. The van der Waals surface area contributed by atoms with E-state index in [4.69, 9.17) is 14.7 Å². The monoisotopic (exact) mass is 351 g/mol. The molecule has 1 saturated heterocycles. The van der Waals surface area contributed by atoms with Crippen molar-refractivity contribution in [1.82, 2.24) is 5.01 Å². The first-order valence-corrected chi connectivity index (χ1v) is 8.42. The average Bonchev–Trinajstić information content (AvgIpc) is 3.33. The summed E-state index contributed by atoms with van der Waals surface area (Å²) in [7, 11) is 1.49. The van der Waals surface area contributed by atoms with Gasteiger partial charge in [-0.05, 0) is 30.4 Å². The standard InChI is InChI=1S/C19H17N3O4/c1-25-14-4-2-3-13(17(14)26-8-7-20)10-21-22-18(23)15-11-5-6-12(9-11)16(15)19(22)24/h2-6,10-12,15-16H,8-9H2,1H3/t11-,12-,15-,16+/m0/s1. The highest BCUT2D eigenvalue weighted by Gasteiger charge is 2.59. The lowest BCUT2D eigenvalue weighted by Crippen LogP contribution is -2.28. The number of fused-ring (bicyclic) bond motifs is 5. The van der Waals surface area contributed by atoms with Crippen LogP contribution in [0.2, 0.25) is 0 Å². The molecule has 1 saturated carbocycles. The molecule has 2 amide bonds. The SMILES string of the molecule is COc1cccc(C=NN2C(=O)[C@@H]3[C@H](C2=O)[C@H]2C=C[C@H]3C2)c1OCC#N. The summed E-state index contributed by atoms with van der Waals surface area (Å²) < 4.78 is 10.7. The number of methoxy groups -OCH3 is 1. The van der Waals surface area contributed by atoms with E-state index in [-0.39, 0.29) is 42.1 Å². The van der Waals surface area contributed by atoms with Crippen LogP contribution in [0.3, 0.4) is 0 Å². The van der Waals surface area contributed by atoms with Gasteiger partial charge in [0.25, 0.3) is 11.8 Å². The van der Waals surface area contributed by atoms with Crippen LogP contribution in [0.5, 0.6) is 11.5 Å². The number of ether oxygens (including phenoxy) is 2. The van der Waals surface area contributed by atoms with Crippen molar-refractivity contribution in [2.75, 3.05) is 13.7 Å². The zero-order valence-corrected chi connectivity index (χ0v) is 14.2. The Morgan fingerprint density at radius 1 is 1.27 bits per heavy atom. The van der Waals surface area contributed by atoms with E-state index in [9.17, 15) is 9.59 Å². The Morgan fingerprint density at radius 2 is 1.96 bits per heavy atom. The number of para-hydroxylation sites is 1. The first kappa shape index (κ1) is 16.3. The number of carbonyl (C=O) groups excluding carboxylic acids is 2. The van der Waals surface area contributed by atoms with E-state index in [1.54, 1.807) is 18.2 Å². The van der Waals surface area contributed by atoms with Crippen LogP contribution in [0, 0.1) is 35.0 Å². The summed E-state index contributed by atoms with van der Waals surface area (Å²) in [6.07, 6.45) is 6.37. The molecule has 0 unspecified atom stereocenters. The molecule has 2 aliphatic carbocycles. The predicted octanol–water partition coefficient (Wildman–Crippen LogP) is 1.74. The van der Waals surface area contributed by atoms with Crippen molar-refractivity contribution in [3.63, 3.8) is 0 Å². The fraction of sp³-hybridized carbons (Fsp3) is 0.368. The Balaban J connectivity index is 1.60. The lowest BCUT2D eigenvalue weighted by molar-refractivity contribution is -0.140. The Morgan fingerprint density at radius 3 is 2.58 bits per heavy atom. The molecule has 1 aliphatic heterocycles. The number of allylic oxidation sites excluding steroid dienone is 2. The second kappa shape index (κ2) is 6.30. The molecule has 0 spiro atoms. The third-order valence-corrected chi connectivity index (χ3v) is 5.27. The summed E-state index contributed by atoms with van der Waals surface area (Å²) in [5.74, 6) is 0.0409. The van der Waals surface area contributed by atoms with E-state index < -0.39 is 0 Å². The van der Waals surface area contributed by atoms with Crippen LogP contribution in [-0.4, -0.2) is 36.8 Å². The Bertz CT molecular complexity index is 840. The molecular formula is C19H17N3O4. The van der Waals surface area contributed by atoms with Gasteiger partial charge < -0.3 is 9.47 Å². The lowest BCUT2D eigenvalue weighted by atomic mass is 9.85. The topological polar surface area (TPSA) is 92.0 Å². The molecule has 26 heavy (non-hydrogen) atoms. The Labute approximate surface area is 150 Å². The van der Waals surface area contributed by atoms with Gasteiger partial charge >= 0.3 is 0 Å². The van der Waals surface area contributed by atoms with Crippen molar-refractivity contribution < 1.29 is 19.1 Å². The molecule has 4 atom stereocenters. The van der Waals surface area contributed by atoms with Gasteiger partial charge in [0.1, 0.15) is 6.07 Å². The Hall–Kier alpha value is -3.14. The fourth-order valence-corrected chi connectivity index (χ4v) is 4.17. The van der Waals surface area contributed by atoms with Crippen molar-refractivity contribution in [1.29, 1.82) is 5.26 Å². The zero-order valence-electron chi connectivity index (χ0n) is 14.2. The van der Waals surface area contributed by atoms with Crippen LogP contribution >= 0.6 is 0 Å². The molecule has 2 bridgehead atoms. The number of carbonyl (C=O) groups is 2. The van der Waals surface area contributed by atoms with Gasteiger partial charge in [0, 0.05) is 5.56 Å². The first-order chi connectivity index (χ1) is 12.7. The molecular weight excluding hydrogens is 334 g/mol. The molecule has 0 aromatic heterocycles. The summed E-state index contributed by atoms with van der Waals surface area (Å²) in [5.41, 5.74) is 0.526. The molecule has 1 aromatic carbocycles. The minimum Gasteiger partial charge on any atom is -0.493 e. The number of imide groups is 1. The van der Waals surface area contributed by atoms with E-state index in [1.165, 1.54) is 13.3 Å². The largest absolute Gasteiger partial charge is 0.493 e. The summed E-state index contributed by atoms with van der Waals surface area (Å²) >= 11 is 0. The maximum atomic E-state index is 12.6. The van der Waals surface area contributed by atoms with Crippen LogP contribution in [0.1, 0.15) is 12.0 Å². The third kappa shape index (κ3) is 2.37. The van der Waals surface area contributed by atoms with E-state index in [0.717, 1.165) is 11.4 Å². The zero-order chi connectivity index (χ0) is 18.3. The quantitative estimate of drug-likeness (QED) is 0.458. The second-order valence-electron chi connectivity index (χ2n) is 6.56. The van der Waals surface area contributed by atoms with Crippen molar-refractivity contribution in [3.05, 3.63) is 35.9 Å². The summed E-state index contributed by atoms with van der Waals surface area (Å²) in [5, 5.41) is 13.9. The lowest BCUT2D eigenvalue weighted by Gasteiger charge is -2.13. The highest BCUT2D eigenvalue weighted by atomic mass is 16.5. The van der Waals surface area contributed by atoms with E-state index in [0.29, 0.717) is 17.1 Å². The molecule has 0 N–H and O–H groups in total. The molecule has 4 rings (SSSR count). The number of hydrogen-bond acceptors (Lipinski definition) is 6. The molecule has 1 aromatic rings. The summed E-state index contributed by atoms with van der Waals surface area (Å²) in [6.45, 7) is -0.151. The fourth-order valence-electron chi connectivity index (χ4n) is 4.17. The normalized spacial score (nSPS) is 28.7. The van der Waals surface area contributed by atoms with Gasteiger partial charge in [-0.15, -0.1) is 0 Å². The first-order valence-electron chi connectivity index (χ1n) is 8.42. The van der Waals surface area contributed by atoms with Crippen LogP contribution in [-0.2, 0) is 9.59 Å². The molecule has 0 radical (unpaired) electrons. The maximum Gasteiger partial charge on any atom is 0.254 e. The highest BCUT2D eigenvalue weighted by Crippen LogP contribution is 2.52. The number of nitriles is 1. The maximum absolute atomic E-state index is 12.6. The van der Waals surface area contributed by atoms with Crippen LogP contribution in [0.15, 0.2) is 35.5 Å². The van der Waals surface area contributed by atoms with Crippen LogP contribution < -0.4 is 9.47 Å². The van der Waals surface area contributed by atoms with Crippen molar-refractivity contribution in [2.45, 2.75) is 6.42 Å². The molecule has 7 nitrogen and oxygen atoms in total. The minimum absolute atomic E-state index is 0.146. The van der Waals surface area contributed by atoms with E-state index >= 15 is 0 Å². The van der Waals surface area contributed by atoms with Crippen molar-refractivity contribution in [3.8, 4) is 17.6 Å². The molecule has 1 heterocycles. The predicted molar refractivity (Wildman–Crippen MR) is 91.3 cm³/mol. The number of nitrogens with zero attached hydrogens (tertiary/aromatic N) is 3. The number of benzene rings is 1. The number of hydrogen-bond donors (Lipinski definition) is 0. The van der Waals surface area contributed by atoms with Crippen molar-refractivity contribution >= 4 is 18.0 Å². The van der Waals surface area contributed by atoms with Gasteiger partial charge in [-0.3, -0.25) is 9.59 Å². The van der Waals surface area contributed by atoms with Crippen LogP contribution in [0.4, 0.5) is 0 Å². The number of rotatable bonds is 5. The third-order valence-electron chi connectivity index (χ3n) is 5.27. The molecule has 7 heteroatoms. The molecule has 132 valence electrons. The minimum atomic E-state index is -0.283. The highest BCUT2D eigenvalue weighted by molar-refractivity contribution is 6.07. The van der Waals surface area contributed by atoms with E-state index in [1.807, 2.05) is 18.2 Å². The van der Waals surface area contributed by atoms with Crippen molar-refractivity contribution in [2.24, 2.45) is 28.8 Å². The van der Waals surface area contributed by atoms with Gasteiger partial charge in [-0.25, -0.2) is 0 Å². The van der Waals surface area contributed by atoms with E-state index in [2.05, 4.69) is 5.10 Å². The van der Waals surface area contributed by atoms with Gasteiger partial charge in [0.2, 0.25) is 0 Å². The van der Waals surface area contributed by atoms with Gasteiger partial charge in [-0.2, -0.15) is 15.4 Å². The van der Waals surface area contributed by atoms with Gasteiger partial charge in [0.15, 0.2) is 18.1 Å². The average molecular weight is 351 g/mol. The Kier molecular flexibility index (Phi) is 3.96. The van der Waals surface area contributed by atoms with Gasteiger partial charge in [0.05, 0.1) is 25.2 Å². The number of hydrazone groups is 1. The van der Waals surface area contributed by atoms with Gasteiger partial charge in [-0.1, -0.05) is 18.2 Å². The summed E-state index contributed by atoms with van der Waals surface area (Å²) in [6, 6.07) is 7.06. The number of amides is 2. The smallest absolute Gasteiger partial charge is 0.254 e.